The van der Waals surface area contributed by atoms with Gasteiger partial charge in [0.1, 0.15) is 10.0 Å². The van der Waals surface area contributed by atoms with Crippen LogP contribution in [0.2, 0.25) is 10.2 Å². The van der Waals surface area contributed by atoms with Crippen LogP contribution in [0, 0.1) is 0 Å². The second-order valence-corrected chi connectivity index (χ2v) is 8.54. The molecular weight excluding hydrogens is 351 g/mol. The molecule has 0 fully saturated rings. The zero-order chi connectivity index (χ0) is 15.0. The maximum atomic E-state index is 12.2. The van der Waals surface area contributed by atoms with E-state index in [0.717, 1.165) is 17.7 Å². The number of aryl methyl sites for hydroxylation is 2. The molecule has 1 aliphatic rings. The molecule has 0 spiro atoms. The van der Waals surface area contributed by atoms with Crippen molar-refractivity contribution in [3.63, 3.8) is 0 Å². The molecule has 0 saturated heterocycles. The van der Waals surface area contributed by atoms with Gasteiger partial charge in [0.2, 0.25) is 10.0 Å². The summed E-state index contributed by atoms with van der Waals surface area (Å²) in [7, 11) is -3.64. The third-order valence-electron chi connectivity index (χ3n) is 3.32. The van der Waals surface area contributed by atoms with E-state index in [1.807, 2.05) is 0 Å². The van der Waals surface area contributed by atoms with Crippen molar-refractivity contribution >= 4 is 44.6 Å². The van der Waals surface area contributed by atoms with Gasteiger partial charge in [-0.1, -0.05) is 23.2 Å². The predicted octanol–water partition coefficient (Wildman–Crippen LogP) is 3.42. The minimum atomic E-state index is -3.64. The molecule has 1 aliphatic carbocycles. The first kappa shape index (κ1) is 15.2. The number of hydrogen-bond acceptors (Lipinski definition) is 4. The number of sulfonamides is 1. The molecule has 2 heterocycles. The highest BCUT2D eigenvalue weighted by Crippen LogP contribution is 2.30. The topological polar surface area (TPSA) is 59.1 Å². The van der Waals surface area contributed by atoms with Crippen LogP contribution in [0.5, 0.6) is 0 Å². The molecule has 0 amide bonds. The number of hydrogen-bond donors (Lipinski definition) is 1. The smallest absolute Gasteiger partial charge is 0.242 e. The van der Waals surface area contributed by atoms with E-state index in [-0.39, 0.29) is 21.6 Å². The zero-order valence-electron chi connectivity index (χ0n) is 10.9. The molecule has 0 radical (unpaired) electrons. The normalized spacial score (nSPS) is 14.4. The monoisotopic (exact) mass is 362 g/mol. The lowest BCUT2D eigenvalue weighted by atomic mass is 10.2. The fraction of sp³-hybridized carbons (Fsp3) is 0.308. The van der Waals surface area contributed by atoms with E-state index in [1.165, 1.54) is 29.1 Å². The highest BCUT2D eigenvalue weighted by Gasteiger charge is 2.19. The summed E-state index contributed by atoms with van der Waals surface area (Å²) >= 11 is 13.2. The molecule has 8 heteroatoms. The molecule has 4 nitrogen and oxygen atoms in total. The number of pyridine rings is 1. The van der Waals surface area contributed by atoms with E-state index < -0.39 is 10.0 Å². The van der Waals surface area contributed by atoms with Crippen LogP contribution >= 0.6 is 34.5 Å². The quantitative estimate of drug-likeness (QED) is 0.847. The van der Waals surface area contributed by atoms with E-state index in [4.69, 9.17) is 23.2 Å². The molecule has 0 saturated carbocycles. The van der Waals surface area contributed by atoms with Crippen molar-refractivity contribution in [3.05, 3.63) is 43.8 Å². The second kappa shape index (κ2) is 5.85. The van der Waals surface area contributed by atoms with Crippen LogP contribution in [-0.4, -0.2) is 13.4 Å². The lowest BCUT2D eigenvalue weighted by Crippen LogP contribution is -2.23. The van der Waals surface area contributed by atoms with E-state index in [9.17, 15) is 8.42 Å². The van der Waals surface area contributed by atoms with Crippen molar-refractivity contribution < 1.29 is 8.42 Å². The molecule has 21 heavy (non-hydrogen) atoms. The summed E-state index contributed by atoms with van der Waals surface area (Å²) in [4.78, 5) is 6.17. The van der Waals surface area contributed by atoms with Crippen molar-refractivity contribution in [2.24, 2.45) is 0 Å². The molecule has 0 aliphatic heterocycles. The van der Waals surface area contributed by atoms with Gasteiger partial charge in [-0.2, -0.15) is 0 Å². The molecule has 2 aromatic heterocycles. The van der Waals surface area contributed by atoms with Crippen LogP contribution in [0.3, 0.4) is 0 Å². The van der Waals surface area contributed by atoms with Gasteiger partial charge >= 0.3 is 0 Å². The zero-order valence-corrected chi connectivity index (χ0v) is 14.0. The lowest BCUT2D eigenvalue weighted by Gasteiger charge is -2.06. The van der Waals surface area contributed by atoms with Gasteiger partial charge in [0.15, 0.2) is 0 Å². The first-order valence-electron chi connectivity index (χ1n) is 6.37. The van der Waals surface area contributed by atoms with Gasteiger partial charge in [0, 0.05) is 22.5 Å². The summed E-state index contributed by atoms with van der Waals surface area (Å²) in [5, 5.41) is 0.208. The van der Waals surface area contributed by atoms with Gasteiger partial charge < -0.3 is 0 Å². The van der Waals surface area contributed by atoms with Crippen LogP contribution in [-0.2, 0) is 29.4 Å². The van der Waals surface area contributed by atoms with Crippen molar-refractivity contribution in [1.82, 2.24) is 9.71 Å². The van der Waals surface area contributed by atoms with Gasteiger partial charge in [-0.15, -0.1) is 11.3 Å². The number of halogens is 2. The summed E-state index contributed by atoms with van der Waals surface area (Å²) in [6.07, 6.45) is 4.59. The molecule has 0 aromatic carbocycles. The Morgan fingerprint density at radius 1 is 1.29 bits per heavy atom. The summed E-state index contributed by atoms with van der Waals surface area (Å²) < 4.78 is 27.0. The Hall–Kier alpha value is -0.660. The number of fused-ring (bicyclic) bond motifs is 1. The molecular formula is C13H12Cl2N2O2S2. The van der Waals surface area contributed by atoms with Gasteiger partial charge in [-0.05, 0) is 37.0 Å². The van der Waals surface area contributed by atoms with Crippen molar-refractivity contribution in [1.29, 1.82) is 0 Å². The standard InChI is InChI=1S/C13H12Cl2N2O2S2/c14-11-5-10(7-16-13(11)15)21(18,19)17-6-9-4-8-2-1-3-12(8)20-9/h4-5,7,17H,1-3,6H2. The predicted molar refractivity (Wildman–Crippen MR) is 84.6 cm³/mol. The van der Waals surface area contributed by atoms with Crippen molar-refractivity contribution in [2.45, 2.75) is 30.7 Å². The minimum absolute atomic E-state index is 0.0148. The Morgan fingerprint density at radius 3 is 2.81 bits per heavy atom. The summed E-state index contributed by atoms with van der Waals surface area (Å²) in [6.45, 7) is 0.278. The molecule has 0 unspecified atom stereocenters. The molecule has 3 rings (SSSR count). The fourth-order valence-corrected chi connectivity index (χ4v) is 4.88. The lowest BCUT2D eigenvalue weighted by molar-refractivity contribution is 0.581. The van der Waals surface area contributed by atoms with Gasteiger partial charge in [0.25, 0.3) is 0 Å². The first-order valence-corrected chi connectivity index (χ1v) is 9.42. The second-order valence-electron chi connectivity index (χ2n) is 4.78. The molecule has 0 bridgehead atoms. The van der Waals surface area contributed by atoms with Gasteiger partial charge in [0.05, 0.1) is 5.02 Å². The van der Waals surface area contributed by atoms with Crippen molar-refractivity contribution in [3.8, 4) is 0 Å². The average molecular weight is 363 g/mol. The fourth-order valence-electron chi connectivity index (χ4n) is 2.28. The van der Waals surface area contributed by atoms with Crippen LogP contribution in [0.25, 0.3) is 0 Å². The highest BCUT2D eigenvalue weighted by atomic mass is 35.5. The summed E-state index contributed by atoms with van der Waals surface area (Å²) in [5.74, 6) is 0. The Bertz CT molecular complexity index is 766. The number of rotatable bonds is 4. The van der Waals surface area contributed by atoms with Crippen LogP contribution < -0.4 is 4.72 Å². The van der Waals surface area contributed by atoms with E-state index in [1.54, 1.807) is 11.3 Å². The molecule has 2 aromatic rings. The third kappa shape index (κ3) is 3.24. The Morgan fingerprint density at radius 2 is 2.10 bits per heavy atom. The Balaban J connectivity index is 1.74. The Labute approximate surface area is 137 Å². The summed E-state index contributed by atoms with van der Waals surface area (Å²) in [5.41, 5.74) is 1.35. The number of thiophene rings is 1. The number of nitrogens with one attached hydrogen (secondary N) is 1. The van der Waals surface area contributed by atoms with E-state index >= 15 is 0 Å². The number of aromatic nitrogens is 1. The molecule has 1 N–H and O–H groups in total. The first-order chi connectivity index (χ1) is 9.95. The van der Waals surface area contributed by atoms with E-state index in [0.29, 0.717) is 0 Å². The van der Waals surface area contributed by atoms with Crippen molar-refractivity contribution in [2.75, 3.05) is 0 Å². The Kier molecular flexibility index (Phi) is 4.25. The third-order valence-corrected chi connectivity index (χ3v) is 6.61. The maximum Gasteiger partial charge on any atom is 0.242 e. The number of nitrogens with zero attached hydrogens (tertiary/aromatic N) is 1. The minimum Gasteiger partial charge on any atom is -0.242 e. The summed E-state index contributed by atoms with van der Waals surface area (Å²) in [6, 6.07) is 3.39. The largest absolute Gasteiger partial charge is 0.242 e. The van der Waals surface area contributed by atoms with Crippen LogP contribution in [0.4, 0.5) is 0 Å². The van der Waals surface area contributed by atoms with E-state index in [2.05, 4.69) is 15.8 Å². The molecule has 112 valence electrons. The van der Waals surface area contributed by atoms with Crippen LogP contribution in [0.1, 0.15) is 21.7 Å². The van der Waals surface area contributed by atoms with Crippen LogP contribution in [0.15, 0.2) is 23.2 Å². The van der Waals surface area contributed by atoms with Gasteiger partial charge in [-0.25, -0.2) is 18.1 Å². The van der Waals surface area contributed by atoms with Gasteiger partial charge in [-0.3, -0.25) is 0 Å². The average Bonchev–Trinajstić information content (AvgIpc) is 3.00. The maximum absolute atomic E-state index is 12.2. The highest BCUT2D eigenvalue weighted by molar-refractivity contribution is 7.89. The molecule has 0 atom stereocenters. The SMILES string of the molecule is O=S(=O)(NCc1cc2c(s1)CCC2)c1cnc(Cl)c(Cl)c1.